The van der Waals surface area contributed by atoms with Gasteiger partial charge in [-0.3, -0.25) is 13.9 Å². The molecule has 0 radical (unpaired) electrons. The van der Waals surface area contributed by atoms with Gasteiger partial charge in [0.25, 0.3) is 5.56 Å². The average molecular weight is 300 g/mol. The van der Waals surface area contributed by atoms with Gasteiger partial charge < -0.3 is 20.8 Å². The van der Waals surface area contributed by atoms with Crippen LogP contribution in [0.15, 0.2) is 9.59 Å². The first-order valence-corrected chi connectivity index (χ1v) is 7.05. The average Bonchev–Trinajstić information content (AvgIpc) is 2.46. The van der Waals surface area contributed by atoms with Crippen molar-refractivity contribution in [3.05, 3.63) is 20.8 Å². The molecule has 120 valence electrons. The van der Waals surface area contributed by atoms with Crippen molar-refractivity contribution in [1.82, 2.24) is 9.13 Å². The number of hydrogen-bond donors (Lipinski definition) is 3. The van der Waals surface area contributed by atoms with E-state index in [1.807, 2.05) is 6.92 Å². The SMILES string of the molecule is CCCCn1c(N)c(N(CCO)CCO)c(=O)n(C)c1=O. The highest BCUT2D eigenvalue weighted by atomic mass is 16.3. The molecule has 0 unspecified atom stereocenters. The Hall–Kier alpha value is -1.80. The lowest BCUT2D eigenvalue weighted by Gasteiger charge is -2.25. The summed E-state index contributed by atoms with van der Waals surface area (Å²) in [6.07, 6.45) is 1.66. The molecule has 0 fully saturated rings. The minimum Gasteiger partial charge on any atom is -0.395 e. The molecule has 0 spiro atoms. The van der Waals surface area contributed by atoms with E-state index < -0.39 is 11.2 Å². The molecule has 0 bridgehead atoms. The fourth-order valence-electron chi connectivity index (χ4n) is 2.17. The van der Waals surface area contributed by atoms with E-state index in [1.165, 1.54) is 16.5 Å². The van der Waals surface area contributed by atoms with Gasteiger partial charge in [-0.05, 0) is 6.42 Å². The molecule has 8 heteroatoms. The summed E-state index contributed by atoms with van der Waals surface area (Å²) in [5.41, 5.74) is 5.17. The van der Waals surface area contributed by atoms with E-state index in [4.69, 9.17) is 15.9 Å². The fourth-order valence-corrected chi connectivity index (χ4v) is 2.17. The van der Waals surface area contributed by atoms with Crippen LogP contribution in [0.5, 0.6) is 0 Å². The molecule has 0 saturated carbocycles. The van der Waals surface area contributed by atoms with Gasteiger partial charge in [0.05, 0.1) is 13.2 Å². The molecule has 0 aliphatic rings. The van der Waals surface area contributed by atoms with E-state index in [0.717, 1.165) is 17.4 Å². The lowest BCUT2D eigenvalue weighted by molar-refractivity contribution is 0.281. The Morgan fingerprint density at radius 1 is 1.19 bits per heavy atom. The first-order chi connectivity index (χ1) is 9.99. The number of nitrogen functional groups attached to an aromatic ring is 1. The van der Waals surface area contributed by atoms with E-state index in [0.29, 0.717) is 6.54 Å². The van der Waals surface area contributed by atoms with Crippen LogP contribution in [0.2, 0.25) is 0 Å². The maximum absolute atomic E-state index is 12.3. The molecule has 1 aromatic rings. The molecule has 0 aliphatic carbocycles. The molecule has 0 aromatic carbocycles. The molecule has 21 heavy (non-hydrogen) atoms. The predicted molar refractivity (Wildman–Crippen MR) is 81.6 cm³/mol. The summed E-state index contributed by atoms with van der Waals surface area (Å²) in [6.45, 7) is 2.37. The standard InChI is InChI=1S/C13H24N4O4/c1-3-4-5-17-11(14)10(12(20)15(2)13(17)21)16(6-8-18)7-9-19/h18-19H,3-9,14H2,1-2H3. The Kier molecular flexibility index (Phi) is 6.44. The zero-order valence-corrected chi connectivity index (χ0v) is 12.6. The van der Waals surface area contributed by atoms with Crippen molar-refractivity contribution in [2.45, 2.75) is 26.3 Å². The number of nitrogens with zero attached hydrogens (tertiary/aromatic N) is 3. The summed E-state index contributed by atoms with van der Waals surface area (Å²) in [7, 11) is 1.39. The van der Waals surface area contributed by atoms with Crippen molar-refractivity contribution in [3.8, 4) is 0 Å². The molecule has 1 aromatic heterocycles. The van der Waals surface area contributed by atoms with Crippen LogP contribution < -0.4 is 21.9 Å². The monoisotopic (exact) mass is 300 g/mol. The molecule has 1 heterocycles. The minimum atomic E-state index is -0.521. The van der Waals surface area contributed by atoms with Crippen LogP contribution in [-0.2, 0) is 13.6 Å². The number of nitrogens with two attached hydrogens (primary N) is 1. The van der Waals surface area contributed by atoms with Gasteiger partial charge in [-0.2, -0.15) is 0 Å². The Labute approximate surface area is 123 Å². The molecule has 4 N–H and O–H groups in total. The number of aromatic nitrogens is 2. The summed E-state index contributed by atoms with van der Waals surface area (Å²) >= 11 is 0. The molecule has 0 atom stereocenters. The summed E-state index contributed by atoms with van der Waals surface area (Å²) in [5.74, 6) is 0.0819. The Morgan fingerprint density at radius 3 is 2.24 bits per heavy atom. The summed E-state index contributed by atoms with van der Waals surface area (Å²) in [5, 5.41) is 18.2. The molecule has 0 aliphatic heterocycles. The van der Waals surface area contributed by atoms with E-state index in [2.05, 4.69) is 0 Å². The second-order valence-corrected chi connectivity index (χ2v) is 4.82. The smallest absolute Gasteiger partial charge is 0.332 e. The summed E-state index contributed by atoms with van der Waals surface area (Å²) in [4.78, 5) is 25.9. The Balaban J connectivity index is 3.46. The van der Waals surface area contributed by atoms with E-state index in [1.54, 1.807) is 0 Å². The van der Waals surface area contributed by atoms with Gasteiger partial charge in [0.1, 0.15) is 11.5 Å². The Bertz CT molecular complexity index is 573. The lowest BCUT2D eigenvalue weighted by atomic mass is 10.3. The van der Waals surface area contributed by atoms with Crippen LogP contribution in [0.25, 0.3) is 0 Å². The lowest BCUT2D eigenvalue weighted by Crippen LogP contribution is -2.44. The van der Waals surface area contributed by atoms with Crippen molar-refractivity contribution in [2.24, 2.45) is 7.05 Å². The van der Waals surface area contributed by atoms with Crippen molar-refractivity contribution in [3.63, 3.8) is 0 Å². The Morgan fingerprint density at radius 2 is 1.76 bits per heavy atom. The number of rotatable bonds is 8. The van der Waals surface area contributed by atoms with Crippen LogP contribution >= 0.6 is 0 Å². The number of unbranched alkanes of at least 4 members (excludes halogenated alkanes) is 1. The quantitative estimate of drug-likeness (QED) is 0.551. The van der Waals surface area contributed by atoms with E-state index >= 15 is 0 Å². The topological polar surface area (TPSA) is 114 Å². The van der Waals surface area contributed by atoms with Crippen LogP contribution in [0.3, 0.4) is 0 Å². The van der Waals surface area contributed by atoms with Gasteiger partial charge in [0.2, 0.25) is 0 Å². The number of anilines is 2. The highest BCUT2D eigenvalue weighted by molar-refractivity contribution is 5.62. The van der Waals surface area contributed by atoms with Gasteiger partial charge in [-0.1, -0.05) is 13.3 Å². The number of aliphatic hydroxyl groups is 2. The molecular weight excluding hydrogens is 276 g/mol. The first kappa shape index (κ1) is 17.3. The molecule has 1 rings (SSSR count). The van der Waals surface area contributed by atoms with E-state index in [9.17, 15) is 9.59 Å². The second-order valence-electron chi connectivity index (χ2n) is 4.82. The predicted octanol–water partition coefficient (Wildman–Crippen LogP) is -1.28. The van der Waals surface area contributed by atoms with Crippen molar-refractivity contribution in [2.75, 3.05) is 36.9 Å². The fraction of sp³-hybridized carbons (Fsp3) is 0.692. The van der Waals surface area contributed by atoms with Crippen LogP contribution in [0.1, 0.15) is 19.8 Å². The van der Waals surface area contributed by atoms with Crippen molar-refractivity contribution in [1.29, 1.82) is 0 Å². The number of aliphatic hydroxyl groups excluding tert-OH is 2. The first-order valence-electron chi connectivity index (χ1n) is 7.05. The third-order valence-electron chi connectivity index (χ3n) is 3.35. The van der Waals surface area contributed by atoms with Gasteiger partial charge in [-0.25, -0.2) is 4.79 Å². The highest BCUT2D eigenvalue weighted by Gasteiger charge is 2.20. The van der Waals surface area contributed by atoms with Crippen molar-refractivity contribution >= 4 is 11.5 Å². The molecule has 0 saturated heterocycles. The zero-order chi connectivity index (χ0) is 16.0. The summed E-state index contributed by atoms with van der Waals surface area (Å²) < 4.78 is 2.37. The second kappa shape index (κ2) is 7.84. The maximum atomic E-state index is 12.3. The van der Waals surface area contributed by atoms with Gasteiger partial charge in [0, 0.05) is 26.7 Å². The van der Waals surface area contributed by atoms with Gasteiger partial charge >= 0.3 is 5.69 Å². The van der Waals surface area contributed by atoms with E-state index in [-0.39, 0.29) is 37.8 Å². The third kappa shape index (κ3) is 3.64. The summed E-state index contributed by atoms with van der Waals surface area (Å²) in [6, 6.07) is 0. The highest BCUT2D eigenvalue weighted by Crippen LogP contribution is 2.16. The van der Waals surface area contributed by atoms with Crippen molar-refractivity contribution < 1.29 is 10.2 Å². The molecule has 0 amide bonds. The van der Waals surface area contributed by atoms with Gasteiger partial charge in [-0.15, -0.1) is 0 Å². The zero-order valence-electron chi connectivity index (χ0n) is 12.6. The molecular formula is C13H24N4O4. The third-order valence-corrected chi connectivity index (χ3v) is 3.35. The number of hydrogen-bond acceptors (Lipinski definition) is 6. The minimum absolute atomic E-state index is 0.0819. The maximum Gasteiger partial charge on any atom is 0.332 e. The largest absolute Gasteiger partial charge is 0.395 e. The van der Waals surface area contributed by atoms with Crippen LogP contribution in [-0.4, -0.2) is 45.7 Å². The van der Waals surface area contributed by atoms with Crippen LogP contribution in [0, 0.1) is 0 Å². The van der Waals surface area contributed by atoms with Crippen LogP contribution in [0.4, 0.5) is 11.5 Å². The normalized spacial score (nSPS) is 10.9. The van der Waals surface area contributed by atoms with Gasteiger partial charge in [0.15, 0.2) is 0 Å². The molecule has 8 nitrogen and oxygen atoms in total.